The number of carbonyl (C=O) groups is 1. The first-order chi connectivity index (χ1) is 12.9. The van der Waals surface area contributed by atoms with Gasteiger partial charge in [0.25, 0.3) is 11.6 Å². The minimum absolute atomic E-state index is 0.123. The first-order valence-electron chi connectivity index (χ1n) is 7.38. The fraction of sp³-hybridized carbons (Fsp3) is 0. The maximum Gasteiger partial charge on any atom is 0.294 e. The van der Waals surface area contributed by atoms with Crippen LogP contribution >= 0.6 is 34.2 Å². The van der Waals surface area contributed by atoms with Gasteiger partial charge < -0.3 is 9.88 Å². The summed E-state index contributed by atoms with van der Waals surface area (Å²) >= 11 is 8.33. The number of rotatable bonds is 5. The summed E-state index contributed by atoms with van der Waals surface area (Å²) in [6, 6.07) is 7.73. The van der Waals surface area contributed by atoms with Crippen molar-refractivity contribution >= 4 is 57.2 Å². The van der Waals surface area contributed by atoms with E-state index >= 15 is 0 Å². The molecule has 0 aliphatic carbocycles. The number of nitro groups is 1. The fourth-order valence-electron chi connectivity index (χ4n) is 2.42. The number of hydroxylamine groups is 1. The van der Waals surface area contributed by atoms with Crippen LogP contribution in [-0.2, 0) is 0 Å². The summed E-state index contributed by atoms with van der Waals surface area (Å²) in [6.45, 7) is 0. The topological polar surface area (TPSA) is 122 Å². The Bertz CT molecular complexity index is 1030. The van der Waals surface area contributed by atoms with Crippen LogP contribution in [0, 0.1) is 13.7 Å². The number of amides is 1. The van der Waals surface area contributed by atoms with Gasteiger partial charge in [-0.25, -0.2) is 10.5 Å². The Labute approximate surface area is 171 Å². The first kappa shape index (κ1) is 19.1. The van der Waals surface area contributed by atoms with Gasteiger partial charge in [-0.2, -0.15) is 0 Å². The van der Waals surface area contributed by atoms with Crippen LogP contribution in [0.2, 0.25) is 5.02 Å². The molecule has 0 fully saturated rings. The summed E-state index contributed by atoms with van der Waals surface area (Å²) in [6.07, 6.45) is 4.41. The van der Waals surface area contributed by atoms with E-state index in [4.69, 9.17) is 16.8 Å². The normalized spacial score (nSPS) is 10.5. The van der Waals surface area contributed by atoms with Gasteiger partial charge in [-0.15, -0.1) is 0 Å². The molecule has 27 heavy (non-hydrogen) atoms. The van der Waals surface area contributed by atoms with Gasteiger partial charge in [0.1, 0.15) is 5.69 Å². The van der Waals surface area contributed by atoms with Crippen molar-refractivity contribution in [2.24, 2.45) is 0 Å². The molecule has 0 radical (unpaired) electrons. The number of hydrogen-bond donors (Lipinski definition) is 3. The minimum Gasteiger partial charge on any atom is -0.354 e. The molecule has 9 nitrogen and oxygen atoms in total. The van der Waals surface area contributed by atoms with Gasteiger partial charge in [-0.3, -0.25) is 20.1 Å². The van der Waals surface area contributed by atoms with E-state index in [1.54, 1.807) is 12.1 Å². The van der Waals surface area contributed by atoms with E-state index in [-0.39, 0.29) is 22.6 Å². The van der Waals surface area contributed by atoms with E-state index in [1.165, 1.54) is 34.8 Å². The second kappa shape index (κ2) is 7.90. The molecule has 1 heterocycles. The number of nitrogens with zero attached hydrogens (tertiary/aromatic N) is 3. The van der Waals surface area contributed by atoms with Crippen molar-refractivity contribution < 1.29 is 14.9 Å². The Kier molecular flexibility index (Phi) is 5.58. The molecule has 138 valence electrons. The predicted octanol–water partition coefficient (Wildman–Crippen LogP) is 3.90. The number of anilines is 2. The first-order valence-corrected chi connectivity index (χ1v) is 8.83. The third-order valence-electron chi connectivity index (χ3n) is 3.64. The Morgan fingerprint density at radius 2 is 2.07 bits per heavy atom. The van der Waals surface area contributed by atoms with E-state index < -0.39 is 10.8 Å². The number of hydrogen-bond acceptors (Lipinski definition) is 6. The molecule has 0 unspecified atom stereocenters. The zero-order valence-corrected chi connectivity index (χ0v) is 16.3. The van der Waals surface area contributed by atoms with Gasteiger partial charge in [-0.05, 0) is 46.9 Å². The largest absolute Gasteiger partial charge is 0.354 e. The zero-order chi connectivity index (χ0) is 19.6. The van der Waals surface area contributed by atoms with Crippen LogP contribution < -0.4 is 10.8 Å². The molecule has 2 aromatic carbocycles. The lowest BCUT2D eigenvalue weighted by Crippen LogP contribution is -2.20. The molecule has 1 aromatic heterocycles. The van der Waals surface area contributed by atoms with Gasteiger partial charge in [0.05, 0.1) is 33.2 Å². The van der Waals surface area contributed by atoms with Crippen LogP contribution in [0.15, 0.2) is 49.1 Å². The fourth-order valence-corrected chi connectivity index (χ4v) is 3.32. The van der Waals surface area contributed by atoms with Crippen molar-refractivity contribution in [3.8, 4) is 5.69 Å². The van der Waals surface area contributed by atoms with Crippen molar-refractivity contribution in [2.75, 3.05) is 5.32 Å². The van der Waals surface area contributed by atoms with E-state index in [9.17, 15) is 14.9 Å². The molecule has 0 atom stereocenters. The van der Waals surface area contributed by atoms with E-state index in [2.05, 4.69) is 32.9 Å². The summed E-state index contributed by atoms with van der Waals surface area (Å²) < 4.78 is 2.36. The van der Waals surface area contributed by atoms with Crippen molar-refractivity contribution in [1.82, 2.24) is 15.0 Å². The summed E-state index contributed by atoms with van der Waals surface area (Å²) in [7, 11) is 0. The summed E-state index contributed by atoms with van der Waals surface area (Å²) in [5.41, 5.74) is 1.95. The zero-order valence-electron chi connectivity index (χ0n) is 13.4. The van der Waals surface area contributed by atoms with Gasteiger partial charge in [-0.1, -0.05) is 11.6 Å². The molecule has 3 aromatic rings. The monoisotopic (exact) mass is 499 g/mol. The van der Waals surface area contributed by atoms with Gasteiger partial charge in [0.2, 0.25) is 0 Å². The smallest absolute Gasteiger partial charge is 0.294 e. The number of nitrogens with one attached hydrogen (secondary N) is 2. The molecular weight excluding hydrogens is 489 g/mol. The van der Waals surface area contributed by atoms with Crippen LogP contribution in [0.4, 0.5) is 17.1 Å². The van der Waals surface area contributed by atoms with Crippen LogP contribution in [0.1, 0.15) is 10.4 Å². The maximum atomic E-state index is 12.1. The Balaban J connectivity index is 2.19. The maximum absolute atomic E-state index is 12.1. The summed E-state index contributed by atoms with van der Waals surface area (Å²) in [5.74, 6) is -0.903. The van der Waals surface area contributed by atoms with E-state index in [0.717, 1.165) is 9.64 Å². The standard InChI is InChI=1S/C16H11ClIN5O4/c17-11-5-9(18)1-2-12(11)20-13-7-14(22-4-3-19-8-22)15(23(26)27)6-10(13)16(24)21-25/h1-8,20,25H,(H,21,24). The minimum atomic E-state index is -0.903. The van der Waals surface area contributed by atoms with Crippen LogP contribution in [0.3, 0.4) is 0 Å². The number of halogens is 2. The number of benzene rings is 2. The number of aromatic nitrogens is 2. The van der Waals surface area contributed by atoms with Crippen molar-refractivity contribution in [3.63, 3.8) is 0 Å². The van der Waals surface area contributed by atoms with Crippen LogP contribution in [0.25, 0.3) is 5.69 Å². The van der Waals surface area contributed by atoms with Gasteiger partial charge in [0.15, 0.2) is 0 Å². The molecule has 3 rings (SSSR count). The molecule has 0 saturated carbocycles. The van der Waals surface area contributed by atoms with Crippen LogP contribution in [-0.4, -0.2) is 25.6 Å². The molecule has 1 amide bonds. The summed E-state index contributed by atoms with van der Waals surface area (Å²) in [5, 5.41) is 23.9. The van der Waals surface area contributed by atoms with Crippen LogP contribution in [0.5, 0.6) is 0 Å². The molecule has 0 bridgehead atoms. The highest BCUT2D eigenvalue weighted by molar-refractivity contribution is 14.1. The Hall–Kier alpha value is -2.70. The number of nitro benzene ring substituents is 1. The highest BCUT2D eigenvalue weighted by Gasteiger charge is 2.23. The molecule has 0 saturated heterocycles. The van der Waals surface area contributed by atoms with Gasteiger partial charge in [0, 0.05) is 22.0 Å². The average molecular weight is 500 g/mol. The molecule has 0 aliphatic rings. The lowest BCUT2D eigenvalue weighted by atomic mass is 10.1. The van der Waals surface area contributed by atoms with Crippen molar-refractivity contribution in [1.29, 1.82) is 0 Å². The van der Waals surface area contributed by atoms with E-state index in [1.807, 2.05) is 6.07 Å². The van der Waals surface area contributed by atoms with Crippen molar-refractivity contribution in [2.45, 2.75) is 0 Å². The van der Waals surface area contributed by atoms with Gasteiger partial charge >= 0.3 is 0 Å². The predicted molar refractivity (Wildman–Crippen MR) is 107 cm³/mol. The lowest BCUT2D eigenvalue weighted by molar-refractivity contribution is -0.384. The lowest BCUT2D eigenvalue weighted by Gasteiger charge is -2.15. The molecule has 11 heteroatoms. The number of carbonyl (C=O) groups excluding carboxylic acids is 1. The average Bonchev–Trinajstić information content (AvgIpc) is 3.17. The Morgan fingerprint density at radius 1 is 1.30 bits per heavy atom. The SMILES string of the molecule is O=C(NO)c1cc([N+](=O)[O-])c(-n2ccnc2)cc1Nc1ccc(I)cc1Cl. The summed E-state index contributed by atoms with van der Waals surface area (Å²) in [4.78, 5) is 26.8. The second-order valence-corrected chi connectivity index (χ2v) is 6.96. The van der Waals surface area contributed by atoms with Crippen molar-refractivity contribution in [3.05, 3.63) is 73.3 Å². The Morgan fingerprint density at radius 3 is 2.67 bits per heavy atom. The second-order valence-electron chi connectivity index (χ2n) is 5.30. The number of imidazole rings is 1. The molecule has 3 N–H and O–H groups in total. The third-order valence-corrected chi connectivity index (χ3v) is 4.62. The highest BCUT2D eigenvalue weighted by Crippen LogP contribution is 2.34. The third kappa shape index (κ3) is 4.02. The quantitative estimate of drug-likeness (QED) is 0.212. The highest BCUT2D eigenvalue weighted by atomic mass is 127. The molecule has 0 spiro atoms. The van der Waals surface area contributed by atoms with E-state index in [0.29, 0.717) is 10.7 Å². The molecular formula is C16H11ClIN5O4. The molecule has 0 aliphatic heterocycles.